The van der Waals surface area contributed by atoms with Crippen molar-refractivity contribution >= 4 is 23.7 Å². The number of nitrogens with zero attached hydrogens (tertiary/aromatic N) is 3. The van der Waals surface area contributed by atoms with Crippen LogP contribution in [-0.4, -0.2) is 45.4 Å². The van der Waals surface area contributed by atoms with Crippen molar-refractivity contribution in [1.29, 1.82) is 0 Å². The lowest BCUT2D eigenvalue weighted by atomic mass is 9.77. The minimum absolute atomic E-state index is 0.0138. The van der Waals surface area contributed by atoms with E-state index in [4.69, 9.17) is 0 Å². The smallest absolute Gasteiger partial charge is 0.330 e. The minimum atomic E-state index is -4.73. The van der Waals surface area contributed by atoms with Gasteiger partial charge in [0, 0.05) is 42.0 Å². The highest BCUT2D eigenvalue weighted by molar-refractivity contribution is 5.92. The van der Waals surface area contributed by atoms with Crippen molar-refractivity contribution < 1.29 is 35.9 Å². The van der Waals surface area contributed by atoms with Gasteiger partial charge in [0.25, 0.3) is 0 Å². The molecule has 2 aromatic heterocycles. The SMILES string of the molecule is CCc1ncc(/C=C/CC2CC(c3cc(F)cc(F)c3F)C(C)N(CC(F)(F)F)C2=O)cc1CC(=O)Nc1ncccc1C. The van der Waals surface area contributed by atoms with Gasteiger partial charge >= 0.3 is 6.18 Å². The largest absolute Gasteiger partial charge is 0.406 e. The first kappa shape index (κ1) is 32.7. The van der Waals surface area contributed by atoms with Gasteiger partial charge in [-0.25, -0.2) is 18.2 Å². The van der Waals surface area contributed by atoms with Crippen molar-refractivity contribution in [2.75, 3.05) is 11.9 Å². The first-order valence-corrected chi connectivity index (χ1v) is 14.1. The van der Waals surface area contributed by atoms with E-state index in [1.54, 1.807) is 36.7 Å². The van der Waals surface area contributed by atoms with Crippen LogP contribution in [0.15, 0.2) is 48.8 Å². The molecular weight excluding hydrogens is 586 g/mol. The minimum Gasteiger partial charge on any atom is -0.330 e. The zero-order chi connectivity index (χ0) is 32.2. The zero-order valence-electron chi connectivity index (χ0n) is 24.4. The number of aryl methyl sites for hydroxylation is 2. The first-order chi connectivity index (χ1) is 20.8. The van der Waals surface area contributed by atoms with Gasteiger partial charge in [-0.05, 0) is 73.6 Å². The molecule has 6 nitrogen and oxygen atoms in total. The predicted octanol–water partition coefficient (Wildman–Crippen LogP) is 6.93. The van der Waals surface area contributed by atoms with Gasteiger partial charge < -0.3 is 10.2 Å². The number of anilines is 1. The lowest BCUT2D eigenvalue weighted by Crippen LogP contribution is -2.53. The summed E-state index contributed by atoms with van der Waals surface area (Å²) in [5, 5.41) is 2.78. The Balaban J connectivity index is 1.54. The number of rotatable bonds is 9. The number of aromatic nitrogens is 2. The molecule has 1 aliphatic heterocycles. The molecule has 4 rings (SSSR count). The highest BCUT2D eigenvalue weighted by Gasteiger charge is 2.45. The molecule has 2 amide bonds. The molecule has 3 aromatic rings. The van der Waals surface area contributed by atoms with Crippen molar-refractivity contribution in [3.05, 3.63) is 94.2 Å². The monoisotopic (exact) mass is 618 g/mol. The maximum atomic E-state index is 14.7. The van der Waals surface area contributed by atoms with Gasteiger partial charge in [-0.1, -0.05) is 25.1 Å². The molecule has 44 heavy (non-hydrogen) atoms. The summed E-state index contributed by atoms with van der Waals surface area (Å²) in [7, 11) is 0. The summed E-state index contributed by atoms with van der Waals surface area (Å²) in [6.07, 6.45) is 2.11. The van der Waals surface area contributed by atoms with Gasteiger partial charge in [0.2, 0.25) is 11.8 Å². The van der Waals surface area contributed by atoms with Crippen molar-refractivity contribution in [1.82, 2.24) is 14.9 Å². The molecule has 1 aromatic carbocycles. The van der Waals surface area contributed by atoms with Gasteiger partial charge in [0.15, 0.2) is 11.6 Å². The van der Waals surface area contributed by atoms with Crippen LogP contribution < -0.4 is 5.32 Å². The van der Waals surface area contributed by atoms with E-state index >= 15 is 0 Å². The molecule has 1 N–H and O–H groups in total. The number of piperidine rings is 1. The van der Waals surface area contributed by atoms with Gasteiger partial charge in [-0.2, -0.15) is 13.2 Å². The van der Waals surface area contributed by atoms with Crippen LogP contribution in [-0.2, 0) is 22.4 Å². The predicted molar refractivity (Wildman–Crippen MR) is 153 cm³/mol. The van der Waals surface area contributed by atoms with Gasteiger partial charge in [0.05, 0.1) is 6.42 Å². The molecule has 3 unspecified atom stereocenters. The Bertz CT molecular complexity index is 1560. The van der Waals surface area contributed by atoms with E-state index in [-0.39, 0.29) is 25.2 Å². The van der Waals surface area contributed by atoms with E-state index in [9.17, 15) is 35.9 Å². The molecule has 3 heterocycles. The number of hydrogen-bond donors (Lipinski definition) is 1. The molecule has 12 heteroatoms. The lowest BCUT2D eigenvalue weighted by molar-refractivity contribution is -0.172. The topological polar surface area (TPSA) is 75.2 Å². The van der Waals surface area contributed by atoms with E-state index in [0.29, 0.717) is 40.0 Å². The molecule has 1 aliphatic rings. The molecular formula is C32H32F6N4O2. The maximum Gasteiger partial charge on any atom is 0.406 e. The Morgan fingerprint density at radius 2 is 1.91 bits per heavy atom. The van der Waals surface area contributed by atoms with Gasteiger partial charge in [-0.15, -0.1) is 0 Å². The number of alkyl halides is 3. The lowest BCUT2D eigenvalue weighted by Gasteiger charge is -2.43. The summed E-state index contributed by atoms with van der Waals surface area (Å²) in [6, 6.07) is 5.32. The van der Waals surface area contributed by atoms with E-state index in [0.717, 1.165) is 11.6 Å². The number of carbonyl (C=O) groups excluding carboxylic acids is 2. The molecule has 3 atom stereocenters. The summed E-state index contributed by atoms with van der Waals surface area (Å²) in [5.41, 5.74) is 2.37. The first-order valence-electron chi connectivity index (χ1n) is 14.1. The molecule has 0 aliphatic carbocycles. The summed E-state index contributed by atoms with van der Waals surface area (Å²) in [4.78, 5) is 35.1. The Hall–Kier alpha value is -4.22. The van der Waals surface area contributed by atoms with Crippen LogP contribution in [0.25, 0.3) is 6.08 Å². The molecule has 234 valence electrons. The van der Waals surface area contributed by atoms with E-state index < -0.39 is 59.5 Å². The van der Waals surface area contributed by atoms with Gasteiger partial charge in [-0.3, -0.25) is 14.6 Å². The standard InChI is InChI=1S/C32H32F6N4O2/c1-4-27-22(13-28(43)41-30-18(2)7-6-10-39-30)11-20(16-40-27)8-5-9-21-12-24(25-14-23(33)15-26(34)29(25)35)19(3)42(31(21)44)17-32(36,37)38/h5-8,10-11,14-16,19,21,24H,4,9,12-13,17H2,1-3H3,(H,39,41,43)/b8-5+. The molecule has 1 saturated heterocycles. The number of halogens is 6. The van der Waals surface area contributed by atoms with E-state index in [1.807, 2.05) is 19.9 Å². The van der Waals surface area contributed by atoms with E-state index in [1.165, 1.54) is 6.92 Å². The molecule has 0 saturated carbocycles. The quantitative estimate of drug-likeness (QED) is 0.209. The fourth-order valence-corrected chi connectivity index (χ4v) is 5.56. The van der Waals surface area contributed by atoms with Crippen molar-refractivity contribution in [2.24, 2.45) is 5.92 Å². The Morgan fingerprint density at radius 1 is 1.16 bits per heavy atom. The number of benzene rings is 1. The summed E-state index contributed by atoms with van der Waals surface area (Å²) >= 11 is 0. The summed E-state index contributed by atoms with van der Waals surface area (Å²) < 4.78 is 83.0. The number of amides is 2. The number of carbonyl (C=O) groups is 2. The average molecular weight is 619 g/mol. The number of hydrogen-bond acceptors (Lipinski definition) is 4. The highest BCUT2D eigenvalue weighted by atomic mass is 19.4. The Labute approximate surface area is 251 Å². The van der Waals surface area contributed by atoms with Crippen LogP contribution in [0.2, 0.25) is 0 Å². The normalized spacial score (nSPS) is 19.1. The number of likely N-dealkylation sites (tertiary alicyclic amines) is 1. The number of nitrogens with one attached hydrogen (secondary N) is 1. The Morgan fingerprint density at radius 3 is 2.59 bits per heavy atom. The second-order valence-corrected chi connectivity index (χ2v) is 10.9. The fraction of sp³-hybridized carbons (Fsp3) is 0.375. The van der Waals surface area contributed by atoms with Crippen LogP contribution in [0.1, 0.15) is 60.6 Å². The van der Waals surface area contributed by atoms with Gasteiger partial charge in [0.1, 0.15) is 18.2 Å². The third-order valence-corrected chi connectivity index (χ3v) is 7.78. The molecule has 0 spiro atoms. The van der Waals surface area contributed by atoms with Crippen LogP contribution >= 0.6 is 0 Å². The second-order valence-electron chi connectivity index (χ2n) is 10.9. The van der Waals surface area contributed by atoms with Crippen LogP contribution in [0.3, 0.4) is 0 Å². The number of allylic oxidation sites excluding steroid dienone is 1. The van der Waals surface area contributed by atoms with Crippen molar-refractivity contribution in [3.63, 3.8) is 0 Å². The second kappa shape index (κ2) is 13.6. The fourth-order valence-electron chi connectivity index (χ4n) is 5.56. The third kappa shape index (κ3) is 7.83. The van der Waals surface area contributed by atoms with Crippen LogP contribution in [0, 0.1) is 30.3 Å². The summed E-state index contributed by atoms with van der Waals surface area (Å²) in [5.74, 6) is -6.57. The molecule has 0 radical (unpaired) electrons. The average Bonchev–Trinajstić information content (AvgIpc) is 2.95. The molecule has 0 bridgehead atoms. The Kier molecular flexibility index (Phi) is 10.1. The van der Waals surface area contributed by atoms with Crippen molar-refractivity contribution in [3.8, 4) is 0 Å². The molecule has 1 fully saturated rings. The maximum absolute atomic E-state index is 14.7. The van der Waals surface area contributed by atoms with Crippen LogP contribution in [0.4, 0.5) is 32.2 Å². The van der Waals surface area contributed by atoms with Crippen molar-refractivity contribution in [2.45, 2.75) is 64.6 Å². The van der Waals surface area contributed by atoms with E-state index in [2.05, 4.69) is 15.3 Å². The van der Waals surface area contributed by atoms with Crippen LogP contribution in [0.5, 0.6) is 0 Å². The zero-order valence-corrected chi connectivity index (χ0v) is 24.4. The highest BCUT2D eigenvalue weighted by Crippen LogP contribution is 2.40. The number of pyridine rings is 2. The summed E-state index contributed by atoms with van der Waals surface area (Å²) in [6.45, 7) is 3.46. The third-order valence-electron chi connectivity index (χ3n) is 7.78.